The third-order valence-corrected chi connectivity index (χ3v) is 4.01. The summed E-state index contributed by atoms with van der Waals surface area (Å²) in [6.45, 7) is 12.5. The highest BCUT2D eigenvalue weighted by atomic mass is 15.2. The van der Waals surface area contributed by atoms with Gasteiger partial charge in [-0.1, -0.05) is 19.9 Å². The van der Waals surface area contributed by atoms with Crippen molar-refractivity contribution in [2.75, 3.05) is 19.6 Å². The number of hydrogen-bond donors (Lipinski definition) is 1. The lowest BCUT2D eigenvalue weighted by molar-refractivity contribution is 0.0703. The SMILES string of the molecule is CC(C)C1CNC(C)(C)CN1CCc1ccccn1. The number of hydrogen-bond acceptors (Lipinski definition) is 3. The minimum Gasteiger partial charge on any atom is -0.309 e. The standard InChI is InChI=1S/C16H27N3/c1-13(2)15-11-18-16(3,4)12-19(15)10-8-14-7-5-6-9-17-14/h5-7,9,13,15,18H,8,10-12H2,1-4H3. The van der Waals surface area contributed by atoms with Crippen molar-refractivity contribution in [3.05, 3.63) is 30.1 Å². The molecule has 1 unspecified atom stereocenters. The van der Waals surface area contributed by atoms with Crippen LogP contribution in [0.2, 0.25) is 0 Å². The molecule has 1 aliphatic rings. The average molecular weight is 261 g/mol. The molecule has 1 atom stereocenters. The van der Waals surface area contributed by atoms with Gasteiger partial charge in [0.1, 0.15) is 0 Å². The molecular weight excluding hydrogens is 234 g/mol. The molecule has 19 heavy (non-hydrogen) atoms. The smallest absolute Gasteiger partial charge is 0.0416 e. The van der Waals surface area contributed by atoms with Gasteiger partial charge >= 0.3 is 0 Å². The lowest BCUT2D eigenvalue weighted by atomic mass is 9.93. The summed E-state index contributed by atoms with van der Waals surface area (Å²) in [5.74, 6) is 0.687. The first-order valence-electron chi connectivity index (χ1n) is 7.37. The second kappa shape index (κ2) is 6.02. The third kappa shape index (κ3) is 4.02. The number of rotatable bonds is 4. The highest BCUT2D eigenvalue weighted by molar-refractivity contribution is 5.04. The summed E-state index contributed by atoms with van der Waals surface area (Å²) in [6, 6.07) is 6.81. The molecule has 0 aliphatic carbocycles. The molecular formula is C16H27N3. The van der Waals surface area contributed by atoms with E-state index < -0.39 is 0 Å². The molecule has 1 aromatic heterocycles. The maximum Gasteiger partial charge on any atom is 0.0416 e. The van der Waals surface area contributed by atoms with Crippen LogP contribution in [0, 0.1) is 5.92 Å². The largest absolute Gasteiger partial charge is 0.309 e. The highest BCUT2D eigenvalue weighted by Gasteiger charge is 2.33. The summed E-state index contributed by atoms with van der Waals surface area (Å²) in [7, 11) is 0. The monoisotopic (exact) mass is 261 g/mol. The van der Waals surface area contributed by atoms with Crippen molar-refractivity contribution in [1.29, 1.82) is 0 Å². The summed E-state index contributed by atoms with van der Waals surface area (Å²) in [6.07, 6.45) is 2.93. The minimum atomic E-state index is 0.218. The van der Waals surface area contributed by atoms with E-state index in [9.17, 15) is 0 Å². The molecule has 0 radical (unpaired) electrons. The molecule has 3 nitrogen and oxygen atoms in total. The normalized spacial score (nSPS) is 23.7. The molecule has 0 saturated carbocycles. The van der Waals surface area contributed by atoms with E-state index in [0.29, 0.717) is 12.0 Å². The maximum atomic E-state index is 4.43. The Bertz CT molecular complexity index is 386. The lowest BCUT2D eigenvalue weighted by Gasteiger charge is -2.46. The first-order valence-corrected chi connectivity index (χ1v) is 7.37. The van der Waals surface area contributed by atoms with Gasteiger partial charge in [-0.3, -0.25) is 9.88 Å². The Morgan fingerprint density at radius 1 is 1.42 bits per heavy atom. The second-order valence-corrected chi connectivity index (χ2v) is 6.62. The fourth-order valence-corrected chi connectivity index (χ4v) is 2.90. The molecule has 0 spiro atoms. The first kappa shape index (κ1) is 14.5. The Morgan fingerprint density at radius 2 is 2.21 bits per heavy atom. The Morgan fingerprint density at radius 3 is 2.84 bits per heavy atom. The van der Waals surface area contributed by atoms with Gasteiger partial charge in [0.05, 0.1) is 0 Å². The van der Waals surface area contributed by atoms with Crippen molar-refractivity contribution in [2.24, 2.45) is 5.92 Å². The number of nitrogens with one attached hydrogen (secondary N) is 1. The minimum absolute atomic E-state index is 0.218. The zero-order valence-corrected chi connectivity index (χ0v) is 12.7. The Hall–Kier alpha value is -0.930. The maximum absolute atomic E-state index is 4.43. The van der Waals surface area contributed by atoms with Crippen LogP contribution < -0.4 is 5.32 Å². The van der Waals surface area contributed by atoms with Crippen molar-refractivity contribution in [1.82, 2.24) is 15.2 Å². The van der Waals surface area contributed by atoms with Gasteiger partial charge in [-0.15, -0.1) is 0 Å². The van der Waals surface area contributed by atoms with Crippen LogP contribution >= 0.6 is 0 Å². The van der Waals surface area contributed by atoms with Gasteiger partial charge in [0.15, 0.2) is 0 Å². The fraction of sp³-hybridized carbons (Fsp3) is 0.688. The summed E-state index contributed by atoms with van der Waals surface area (Å²) in [4.78, 5) is 7.06. The summed E-state index contributed by atoms with van der Waals surface area (Å²) in [5, 5.41) is 3.66. The molecule has 3 heteroatoms. The van der Waals surface area contributed by atoms with Crippen molar-refractivity contribution in [3.8, 4) is 0 Å². The Balaban J connectivity index is 1.98. The van der Waals surface area contributed by atoms with E-state index in [1.807, 2.05) is 12.3 Å². The van der Waals surface area contributed by atoms with Crippen molar-refractivity contribution >= 4 is 0 Å². The van der Waals surface area contributed by atoms with Crippen molar-refractivity contribution in [2.45, 2.75) is 45.7 Å². The van der Waals surface area contributed by atoms with Crippen LogP contribution in [0.25, 0.3) is 0 Å². The quantitative estimate of drug-likeness (QED) is 0.901. The lowest BCUT2D eigenvalue weighted by Crippen LogP contribution is -2.63. The van der Waals surface area contributed by atoms with Crippen LogP contribution in [0.15, 0.2) is 24.4 Å². The van der Waals surface area contributed by atoms with E-state index in [4.69, 9.17) is 0 Å². The van der Waals surface area contributed by atoms with Crippen molar-refractivity contribution in [3.63, 3.8) is 0 Å². The van der Waals surface area contributed by atoms with Crippen LogP contribution in [0.3, 0.4) is 0 Å². The number of pyridine rings is 1. The second-order valence-electron chi connectivity index (χ2n) is 6.62. The molecule has 1 aliphatic heterocycles. The molecule has 0 bridgehead atoms. The number of aromatic nitrogens is 1. The molecule has 1 N–H and O–H groups in total. The van der Waals surface area contributed by atoms with Gasteiger partial charge in [-0.05, 0) is 31.9 Å². The highest BCUT2D eigenvalue weighted by Crippen LogP contribution is 2.20. The van der Waals surface area contributed by atoms with E-state index in [0.717, 1.165) is 26.1 Å². The van der Waals surface area contributed by atoms with E-state index in [1.165, 1.54) is 5.69 Å². The van der Waals surface area contributed by atoms with Crippen LogP contribution in [0.4, 0.5) is 0 Å². The van der Waals surface area contributed by atoms with E-state index in [1.54, 1.807) is 0 Å². The number of nitrogens with zero attached hydrogens (tertiary/aromatic N) is 2. The molecule has 0 aromatic carbocycles. The fourth-order valence-electron chi connectivity index (χ4n) is 2.90. The van der Waals surface area contributed by atoms with Crippen molar-refractivity contribution < 1.29 is 0 Å². The molecule has 1 fully saturated rings. The predicted molar refractivity (Wildman–Crippen MR) is 80.2 cm³/mol. The Labute approximate surface area is 117 Å². The van der Waals surface area contributed by atoms with Gasteiger partial charge in [0.25, 0.3) is 0 Å². The molecule has 106 valence electrons. The summed E-state index contributed by atoms with van der Waals surface area (Å²) >= 11 is 0. The third-order valence-electron chi connectivity index (χ3n) is 4.01. The molecule has 2 rings (SSSR count). The zero-order chi connectivity index (χ0) is 13.9. The molecule has 0 amide bonds. The van der Waals surface area contributed by atoms with E-state index >= 15 is 0 Å². The van der Waals surface area contributed by atoms with Gasteiger partial charge in [-0.2, -0.15) is 0 Å². The van der Waals surface area contributed by atoms with E-state index in [2.05, 4.69) is 55.0 Å². The average Bonchev–Trinajstić information content (AvgIpc) is 2.36. The van der Waals surface area contributed by atoms with E-state index in [-0.39, 0.29) is 5.54 Å². The predicted octanol–water partition coefficient (Wildman–Crippen LogP) is 2.33. The summed E-state index contributed by atoms with van der Waals surface area (Å²) in [5.41, 5.74) is 1.41. The van der Waals surface area contributed by atoms with Crippen LogP contribution in [-0.4, -0.2) is 41.1 Å². The first-order chi connectivity index (χ1) is 8.98. The molecule has 1 aromatic rings. The topological polar surface area (TPSA) is 28.2 Å². The van der Waals surface area contributed by atoms with Gasteiger partial charge in [-0.25, -0.2) is 0 Å². The van der Waals surface area contributed by atoms with Crippen LogP contribution in [0.1, 0.15) is 33.4 Å². The zero-order valence-electron chi connectivity index (χ0n) is 12.7. The summed E-state index contributed by atoms with van der Waals surface area (Å²) < 4.78 is 0. The molecule has 2 heterocycles. The van der Waals surface area contributed by atoms with Gasteiger partial charge < -0.3 is 5.32 Å². The van der Waals surface area contributed by atoms with Crippen LogP contribution in [0.5, 0.6) is 0 Å². The van der Waals surface area contributed by atoms with Gasteiger partial charge in [0, 0.05) is 49.5 Å². The van der Waals surface area contributed by atoms with Crippen LogP contribution in [-0.2, 0) is 6.42 Å². The Kier molecular flexibility index (Phi) is 4.58. The van der Waals surface area contributed by atoms with Gasteiger partial charge in [0.2, 0.25) is 0 Å². The molecule has 1 saturated heterocycles. The number of piperazine rings is 1.